The molecule has 1 N–H and O–H groups in total. The quantitative estimate of drug-likeness (QED) is 0.579. The molecule has 1 aromatic rings. The van der Waals surface area contributed by atoms with Gasteiger partial charge < -0.3 is 14.8 Å². The van der Waals surface area contributed by atoms with Crippen LogP contribution in [0, 0.1) is 11.8 Å². The van der Waals surface area contributed by atoms with Gasteiger partial charge >= 0.3 is 5.97 Å². The van der Waals surface area contributed by atoms with Gasteiger partial charge in [-0.25, -0.2) is 0 Å². The predicted molar refractivity (Wildman–Crippen MR) is 96.2 cm³/mol. The molecule has 3 atom stereocenters. The summed E-state index contributed by atoms with van der Waals surface area (Å²) in [5.41, 5.74) is 0. The second kappa shape index (κ2) is 10.1. The summed E-state index contributed by atoms with van der Waals surface area (Å²) in [5.74, 6) is 1.29. The average Bonchev–Trinajstić information content (AvgIpc) is 2.62. The molecule has 0 aromatic heterocycles. The second-order valence-electron chi connectivity index (χ2n) is 6.87. The highest BCUT2D eigenvalue weighted by Crippen LogP contribution is 2.29. The first-order valence-electron chi connectivity index (χ1n) is 9.19. The fourth-order valence-corrected chi connectivity index (χ4v) is 3.18. The van der Waals surface area contributed by atoms with Crippen molar-refractivity contribution in [3.63, 3.8) is 0 Å². The third-order valence-electron chi connectivity index (χ3n) is 4.95. The van der Waals surface area contributed by atoms with Crippen LogP contribution in [0.25, 0.3) is 0 Å². The number of rotatable bonds is 8. The topological polar surface area (TPSA) is 64.6 Å². The Kier molecular flexibility index (Phi) is 7.76. The maximum Gasteiger partial charge on any atom is 0.306 e. The number of amides is 1. The zero-order chi connectivity index (χ0) is 18.1. The predicted octanol–water partition coefficient (Wildman–Crippen LogP) is 3.33. The summed E-state index contributed by atoms with van der Waals surface area (Å²) in [6, 6.07) is 9.65. The minimum Gasteiger partial charge on any atom is -0.494 e. The number of ether oxygens (including phenoxy) is 2. The van der Waals surface area contributed by atoms with Crippen LogP contribution in [0.3, 0.4) is 0 Å². The molecular weight excluding hydrogens is 318 g/mol. The Balaban J connectivity index is 1.57. The van der Waals surface area contributed by atoms with Gasteiger partial charge in [-0.15, -0.1) is 0 Å². The van der Waals surface area contributed by atoms with Crippen LogP contribution in [-0.4, -0.2) is 31.1 Å². The van der Waals surface area contributed by atoms with Crippen LogP contribution in [0.5, 0.6) is 5.75 Å². The zero-order valence-corrected chi connectivity index (χ0v) is 15.2. The van der Waals surface area contributed by atoms with E-state index in [1.807, 2.05) is 30.3 Å². The molecule has 5 nitrogen and oxygen atoms in total. The van der Waals surface area contributed by atoms with Crippen molar-refractivity contribution in [2.24, 2.45) is 11.8 Å². The maximum atomic E-state index is 12.0. The van der Waals surface area contributed by atoms with Gasteiger partial charge in [-0.2, -0.15) is 0 Å². The number of benzene rings is 1. The molecule has 1 aliphatic carbocycles. The van der Waals surface area contributed by atoms with E-state index in [-0.39, 0.29) is 30.9 Å². The molecule has 138 valence electrons. The van der Waals surface area contributed by atoms with Gasteiger partial charge in [0.2, 0.25) is 0 Å². The summed E-state index contributed by atoms with van der Waals surface area (Å²) >= 11 is 0. The normalized spacial score (nSPS) is 22.9. The van der Waals surface area contributed by atoms with Crippen LogP contribution in [0.4, 0.5) is 0 Å². The lowest BCUT2D eigenvalue weighted by Gasteiger charge is -2.34. The standard InChI is InChI=1S/C20H29NO4/c1-15-8-6-11-18(16(15)2)21-19(22)14-25-20(23)12-7-13-24-17-9-4-3-5-10-17/h3-5,9-10,15-16,18H,6-8,11-14H2,1-2H3,(H,21,22)/t15-,16+,18+/m1/s1. The van der Waals surface area contributed by atoms with E-state index >= 15 is 0 Å². The zero-order valence-electron chi connectivity index (χ0n) is 15.2. The molecule has 0 unspecified atom stereocenters. The first kappa shape index (κ1) is 19.3. The van der Waals surface area contributed by atoms with Gasteiger partial charge in [0.1, 0.15) is 5.75 Å². The summed E-state index contributed by atoms with van der Waals surface area (Å²) < 4.78 is 10.6. The lowest BCUT2D eigenvalue weighted by atomic mass is 9.78. The molecule has 1 aliphatic rings. The first-order chi connectivity index (χ1) is 12.1. The summed E-state index contributed by atoms with van der Waals surface area (Å²) in [6.07, 6.45) is 4.16. The van der Waals surface area contributed by atoms with Crippen LogP contribution in [-0.2, 0) is 14.3 Å². The highest BCUT2D eigenvalue weighted by molar-refractivity contribution is 5.80. The molecule has 1 saturated carbocycles. The summed E-state index contributed by atoms with van der Waals surface area (Å²) in [5, 5.41) is 3.00. The molecule has 1 fully saturated rings. The molecule has 0 aliphatic heterocycles. The van der Waals surface area contributed by atoms with E-state index in [2.05, 4.69) is 19.2 Å². The van der Waals surface area contributed by atoms with E-state index in [9.17, 15) is 9.59 Å². The smallest absolute Gasteiger partial charge is 0.306 e. The Labute approximate surface area is 150 Å². The fraction of sp³-hybridized carbons (Fsp3) is 0.600. The van der Waals surface area contributed by atoms with Gasteiger partial charge in [0.15, 0.2) is 6.61 Å². The molecule has 2 rings (SSSR count). The van der Waals surface area contributed by atoms with Gasteiger partial charge in [-0.3, -0.25) is 9.59 Å². The Hall–Kier alpha value is -2.04. The van der Waals surface area contributed by atoms with Crippen molar-refractivity contribution in [3.05, 3.63) is 30.3 Å². The van der Waals surface area contributed by atoms with E-state index in [0.29, 0.717) is 24.9 Å². The molecule has 0 bridgehead atoms. The van der Waals surface area contributed by atoms with Crippen LogP contribution >= 0.6 is 0 Å². The molecule has 5 heteroatoms. The minimum absolute atomic E-state index is 0.189. The number of hydrogen-bond acceptors (Lipinski definition) is 4. The van der Waals surface area contributed by atoms with E-state index in [1.54, 1.807) is 0 Å². The molecule has 1 aromatic carbocycles. The van der Waals surface area contributed by atoms with Crippen LogP contribution in [0.15, 0.2) is 30.3 Å². The van der Waals surface area contributed by atoms with Crippen molar-refractivity contribution < 1.29 is 19.1 Å². The molecule has 1 amide bonds. The van der Waals surface area contributed by atoms with Crippen molar-refractivity contribution in [2.75, 3.05) is 13.2 Å². The van der Waals surface area contributed by atoms with E-state index in [0.717, 1.165) is 18.6 Å². The van der Waals surface area contributed by atoms with E-state index in [4.69, 9.17) is 9.47 Å². The Bertz CT molecular complexity index is 546. The van der Waals surface area contributed by atoms with Crippen LogP contribution < -0.4 is 10.1 Å². The van der Waals surface area contributed by atoms with Crippen molar-refractivity contribution in [1.29, 1.82) is 0 Å². The molecule has 0 spiro atoms. The SMILES string of the molecule is C[C@H]1[C@H](C)CCC[C@@H]1NC(=O)COC(=O)CCCOc1ccccc1. The van der Waals surface area contributed by atoms with Gasteiger partial charge in [0.05, 0.1) is 6.61 Å². The number of hydrogen-bond donors (Lipinski definition) is 1. The molecule has 25 heavy (non-hydrogen) atoms. The third-order valence-corrected chi connectivity index (χ3v) is 4.95. The highest BCUT2D eigenvalue weighted by atomic mass is 16.5. The number of para-hydroxylation sites is 1. The monoisotopic (exact) mass is 347 g/mol. The van der Waals surface area contributed by atoms with Gasteiger partial charge in [-0.1, -0.05) is 44.9 Å². The maximum absolute atomic E-state index is 12.0. The van der Waals surface area contributed by atoms with Crippen LogP contribution in [0.2, 0.25) is 0 Å². The Morgan fingerprint density at radius 3 is 2.68 bits per heavy atom. The first-order valence-corrected chi connectivity index (χ1v) is 9.19. The Morgan fingerprint density at radius 2 is 1.92 bits per heavy atom. The summed E-state index contributed by atoms with van der Waals surface area (Å²) in [6.45, 7) is 4.65. The van der Waals surface area contributed by atoms with Crippen LogP contribution in [0.1, 0.15) is 46.0 Å². The van der Waals surface area contributed by atoms with E-state index < -0.39 is 0 Å². The van der Waals surface area contributed by atoms with Gasteiger partial charge in [-0.05, 0) is 36.8 Å². The molecular formula is C20H29NO4. The summed E-state index contributed by atoms with van der Waals surface area (Å²) in [7, 11) is 0. The summed E-state index contributed by atoms with van der Waals surface area (Å²) in [4.78, 5) is 23.7. The van der Waals surface area contributed by atoms with Crippen molar-refractivity contribution >= 4 is 11.9 Å². The van der Waals surface area contributed by atoms with Crippen molar-refractivity contribution in [3.8, 4) is 5.75 Å². The Morgan fingerprint density at radius 1 is 1.16 bits per heavy atom. The molecule has 0 heterocycles. The van der Waals surface area contributed by atoms with Crippen molar-refractivity contribution in [1.82, 2.24) is 5.32 Å². The number of nitrogens with one attached hydrogen (secondary N) is 1. The average molecular weight is 347 g/mol. The number of carbonyl (C=O) groups is 2. The van der Waals surface area contributed by atoms with E-state index in [1.165, 1.54) is 6.42 Å². The largest absolute Gasteiger partial charge is 0.494 e. The highest BCUT2D eigenvalue weighted by Gasteiger charge is 2.28. The van der Waals surface area contributed by atoms with Crippen molar-refractivity contribution in [2.45, 2.75) is 52.0 Å². The van der Waals surface area contributed by atoms with Gasteiger partial charge in [0.25, 0.3) is 5.91 Å². The lowest BCUT2D eigenvalue weighted by Crippen LogP contribution is -2.45. The number of carbonyl (C=O) groups excluding carboxylic acids is 2. The lowest BCUT2D eigenvalue weighted by molar-refractivity contribution is -0.149. The minimum atomic E-state index is -0.364. The van der Waals surface area contributed by atoms with Gasteiger partial charge in [0, 0.05) is 12.5 Å². The molecule has 0 radical (unpaired) electrons. The number of esters is 1. The second-order valence-corrected chi connectivity index (χ2v) is 6.87. The molecule has 0 saturated heterocycles. The third kappa shape index (κ3) is 6.77. The fourth-order valence-electron chi connectivity index (χ4n) is 3.18.